The van der Waals surface area contributed by atoms with Gasteiger partial charge in [0.25, 0.3) is 0 Å². The van der Waals surface area contributed by atoms with Gasteiger partial charge in [-0.1, -0.05) is 0 Å². The van der Waals surface area contributed by atoms with Crippen molar-refractivity contribution < 1.29 is 4.79 Å². The molecule has 0 aliphatic heterocycles. The second-order valence-electron chi connectivity index (χ2n) is 4.76. The van der Waals surface area contributed by atoms with Gasteiger partial charge in [0.1, 0.15) is 11.6 Å². The van der Waals surface area contributed by atoms with Crippen LogP contribution >= 0.6 is 11.3 Å². The van der Waals surface area contributed by atoms with Crippen molar-refractivity contribution in [2.45, 2.75) is 39.3 Å². The molecule has 1 aliphatic carbocycles. The standard InChI is InChI=1S/C13H21N5OS/c1-3-14-13(16-7-11(19)18-10-4-5-10)17-8-12-15-6-9(2)20-12/h6,10H,3-5,7-8H2,1-2H3,(H,18,19)(H2,14,16,17). The van der Waals surface area contributed by atoms with Crippen molar-refractivity contribution in [2.75, 3.05) is 13.1 Å². The highest BCUT2D eigenvalue weighted by Gasteiger charge is 2.22. The van der Waals surface area contributed by atoms with Gasteiger partial charge in [-0.05, 0) is 26.7 Å². The van der Waals surface area contributed by atoms with Crippen molar-refractivity contribution in [1.29, 1.82) is 0 Å². The zero-order valence-electron chi connectivity index (χ0n) is 11.9. The van der Waals surface area contributed by atoms with Gasteiger partial charge >= 0.3 is 0 Å². The van der Waals surface area contributed by atoms with E-state index in [2.05, 4.69) is 25.9 Å². The summed E-state index contributed by atoms with van der Waals surface area (Å²) in [6, 6.07) is 0.381. The maximum atomic E-state index is 11.6. The van der Waals surface area contributed by atoms with E-state index < -0.39 is 0 Å². The summed E-state index contributed by atoms with van der Waals surface area (Å²) in [7, 11) is 0. The highest BCUT2D eigenvalue weighted by molar-refractivity contribution is 7.11. The molecule has 0 spiro atoms. The summed E-state index contributed by atoms with van der Waals surface area (Å²) in [6.07, 6.45) is 4.04. The third-order valence-electron chi connectivity index (χ3n) is 2.74. The van der Waals surface area contributed by atoms with Crippen LogP contribution in [0.1, 0.15) is 29.7 Å². The average Bonchev–Trinajstić information content (AvgIpc) is 3.13. The Bertz CT molecular complexity index is 481. The summed E-state index contributed by atoms with van der Waals surface area (Å²) in [4.78, 5) is 21.3. The Morgan fingerprint density at radius 1 is 1.50 bits per heavy atom. The topological polar surface area (TPSA) is 78.4 Å². The number of carbonyl (C=O) groups is 1. The number of guanidine groups is 1. The summed E-state index contributed by atoms with van der Waals surface area (Å²) in [5.41, 5.74) is 0. The predicted octanol–water partition coefficient (Wildman–Crippen LogP) is 0.785. The molecule has 20 heavy (non-hydrogen) atoms. The molecule has 3 N–H and O–H groups in total. The maximum Gasteiger partial charge on any atom is 0.242 e. The number of hydrogen-bond donors (Lipinski definition) is 3. The van der Waals surface area contributed by atoms with Gasteiger partial charge in [-0.2, -0.15) is 0 Å². The summed E-state index contributed by atoms with van der Waals surface area (Å²) in [5.74, 6) is 0.626. The Balaban J connectivity index is 1.79. The molecule has 0 bridgehead atoms. The molecule has 1 aromatic heterocycles. The third kappa shape index (κ3) is 5.16. The molecule has 1 saturated carbocycles. The van der Waals surface area contributed by atoms with E-state index in [9.17, 15) is 4.79 Å². The van der Waals surface area contributed by atoms with Crippen molar-refractivity contribution in [3.05, 3.63) is 16.1 Å². The molecule has 110 valence electrons. The lowest BCUT2D eigenvalue weighted by Crippen LogP contribution is -2.38. The van der Waals surface area contributed by atoms with E-state index in [1.807, 2.05) is 20.0 Å². The van der Waals surface area contributed by atoms with Crippen LogP contribution in [0.5, 0.6) is 0 Å². The monoisotopic (exact) mass is 295 g/mol. The van der Waals surface area contributed by atoms with Crippen LogP contribution in [0, 0.1) is 6.92 Å². The predicted molar refractivity (Wildman–Crippen MR) is 80.8 cm³/mol. The van der Waals surface area contributed by atoms with E-state index in [4.69, 9.17) is 0 Å². The first-order valence-corrected chi connectivity index (χ1v) is 7.72. The second kappa shape index (κ2) is 7.23. The Labute approximate surface area is 123 Å². The van der Waals surface area contributed by atoms with E-state index in [-0.39, 0.29) is 12.5 Å². The quantitative estimate of drug-likeness (QED) is 0.535. The number of thiazole rings is 1. The zero-order valence-corrected chi connectivity index (χ0v) is 12.7. The molecule has 7 heteroatoms. The van der Waals surface area contributed by atoms with Gasteiger partial charge in [-0.25, -0.2) is 9.98 Å². The fraction of sp³-hybridized carbons (Fsp3) is 0.615. The van der Waals surface area contributed by atoms with Crippen LogP contribution in [0.25, 0.3) is 0 Å². The third-order valence-corrected chi connectivity index (χ3v) is 3.66. The number of hydrogen-bond acceptors (Lipinski definition) is 4. The molecule has 1 fully saturated rings. The molecular weight excluding hydrogens is 274 g/mol. The lowest BCUT2D eigenvalue weighted by Gasteiger charge is -2.10. The van der Waals surface area contributed by atoms with E-state index >= 15 is 0 Å². The lowest BCUT2D eigenvalue weighted by molar-refractivity contribution is -0.119. The van der Waals surface area contributed by atoms with Crippen molar-refractivity contribution in [1.82, 2.24) is 20.9 Å². The van der Waals surface area contributed by atoms with Gasteiger partial charge in [-0.15, -0.1) is 11.3 Å². The van der Waals surface area contributed by atoms with Crippen LogP contribution in [-0.4, -0.2) is 36.0 Å². The molecule has 1 aliphatic rings. The van der Waals surface area contributed by atoms with Crippen LogP contribution in [0.3, 0.4) is 0 Å². The summed E-state index contributed by atoms with van der Waals surface area (Å²) < 4.78 is 0. The van der Waals surface area contributed by atoms with Gasteiger partial charge in [0.05, 0.1) is 6.54 Å². The molecule has 1 heterocycles. The molecule has 0 aromatic carbocycles. The number of aryl methyl sites for hydroxylation is 1. The molecule has 2 rings (SSSR count). The summed E-state index contributed by atoms with van der Waals surface area (Å²) in [5, 5.41) is 10.2. The Kier molecular flexibility index (Phi) is 5.34. The van der Waals surface area contributed by atoms with Gasteiger partial charge < -0.3 is 16.0 Å². The van der Waals surface area contributed by atoms with Crippen molar-refractivity contribution >= 4 is 23.2 Å². The number of aromatic nitrogens is 1. The second-order valence-corrected chi connectivity index (χ2v) is 6.07. The molecule has 0 atom stereocenters. The Morgan fingerprint density at radius 2 is 2.30 bits per heavy atom. The number of nitrogens with one attached hydrogen (secondary N) is 3. The number of rotatable bonds is 6. The normalized spacial score (nSPS) is 15.0. The minimum atomic E-state index is -0.0187. The molecule has 1 aromatic rings. The van der Waals surface area contributed by atoms with Crippen LogP contribution in [0.2, 0.25) is 0 Å². The summed E-state index contributed by atoms with van der Waals surface area (Å²) >= 11 is 1.65. The van der Waals surface area contributed by atoms with E-state index in [0.717, 1.165) is 24.4 Å². The van der Waals surface area contributed by atoms with Crippen molar-refractivity contribution in [2.24, 2.45) is 4.99 Å². The van der Waals surface area contributed by atoms with E-state index in [1.165, 1.54) is 4.88 Å². The van der Waals surface area contributed by atoms with E-state index in [1.54, 1.807) is 11.3 Å². The van der Waals surface area contributed by atoms with Crippen LogP contribution < -0.4 is 16.0 Å². The number of carbonyl (C=O) groups excluding carboxylic acids is 1. The van der Waals surface area contributed by atoms with Gasteiger partial charge in [0, 0.05) is 23.7 Å². The SMILES string of the molecule is CCNC(=NCC(=O)NC1CC1)NCc1ncc(C)s1. The van der Waals surface area contributed by atoms with Crippen molar-refractivity contribution in [3.8, 4) is 0 Å². The first-order chi connectivity index (χ1) is 9.67. The molecule has 6 nitrogen and oxygen atoms in total. The summed E-state index contributed by atoms with van der Waals surface area (Å²) in [6.45, 7) is 5.56. The smallest absolute Gasteiger partial charge is 0.242 e. The highest BCUT2D eigenvalue weighted by Crippen LogP contribution is 2.18. The van der Waals surface area contributed by atoms with E-state index in [0.29, 0.717) is 18.5 Å². The largest absolute Gasteiger partial charge is 0.357 e. The molecule has 1 amide bonds. The minimum absolute atomic E-state index is 0.0187. The van der Waals surface area contributed by atoms with Gasteiger partial charge in [0.15, 0.2) is 5.96 Å². The fourth-order valence-corrected chi connectivity index (χ4v) is 2.36. The van der Waals surface area contributed by atoms with Crippen LogP contribution in [0.15, 0.2) is 11.2 Å². The van der Waals surface area contributed by atoms with Crippen LogP contribution in [-0.2, 0) is 11.3 Å². The first kappa shape index (κ1) is 14.8. The zero-order chi connectivity index (χ0) is 14.4. The van der Waals surface area contributed by atoms with Gasteiger partial charge in [-0.3, -0.25) is 4.79 Å². The van der Waals surface area contributed by atoms with Crippen LogP contribution in [0.4, 0.5) is 0 Å². The van der Waals surface area contributed by atoms with Crippen molar-refractivity contribution in [3.63, 3.8) is 0 Å². The molecule has 0 radical (unpaired) electrons. The Morgan fingerprint density at radius 3 is 2.90 bits per heavy atom. The number of amides is 1. The molecule has 0 unspecified atom stereocenters. The lowest BCUT2D eigenvalue weighted by atomic mass is 10.5. The fourth-order valence-electron chi connectivity index (χ4n) is 1.64. The first-order valence-electron chi connectivity index (χ1n) is 6.90. The molecule has 0 saturated heterocycles. The van der Waals surface area contributed by atoms with Gasteiger partial charge in [0.2, 0.25) is 5.91 Å². The number of aliphatic imine (C=N–C) groups is 1. The maximum absolute atomic E-state index is 11.6. The molecular formula is C13H21N5OS. The Hall–Kier alpha value is -1.63. The minimum Gasteiger partial charge on any atom is -0.357 e. The average molecular weight is 295 g/mol. The highest BCUT2D eigenvalue weighted by atomic mass is 32.1. The number of nitrogens with zero attached hydrogens (tertiary/aromatic N) is 2.